The molecule has 0 radical (unpaired) electrons. The van der Waals surface area contributed by atoms with Gasteiger partial charge in [0.2, 0.25) is 0 Å². The van der Waals surface area contributed by atoms with Gasteiger partial charge in [0, 0.05) is 6.42 Å². The first kappa shape index (κ1) is 38.2. The van der Waals surface area contributed by atoms with Crippen LogP contribution in [-0.4, -0.2) is 23.5 Å². The molecule has 4 heteroatoms. The van der Waals surface area contributed by atoms with Crippen LogP contribution in [-0.2, 0) is 26.2 Å². The van der Waals surface area contributed by atoms with Crippen molar-refractivity contribution in [3.63, 3.8) is 0 Å². The third-order valence-corrected chi connectivity index (χ3v) is 8.61. The first-order valence-electron chi connectivity index (χ1n) is 17.6. The lowest BCUT2D eigenvalue weighted by molar-refractivity contribution is -0.152. The fourth-order valence-electron chi connectivity index (χ4n) is 5.92. The maximum atomic E-state index is 13.0. The fourth-order valence-corrected chi connectivity index (χ4v) is 5.92. The van der Waals surface area contributed by atoms with E-state index in [1.807, 2.05) is 6.92 Å². The average molecular weight is 587 g/mol. The normalized spacial score (nSPS) is 12.4. The van der Waals surface area contributed by atoms with Gasteiger partial charge in [-0.3, -0.25) is 9.59 Å². The van der Waals surface area contributed by atoms with Gasteiger partial charge in [-0.25, -0.2) is 0 Å². The highest BCUT2D eigenvalue weighted by Crippen LogP contribution is 2.34. The third kappa shape index (κ3) is 16.7. The van der Waals surface area contributed by atoms with Gasteiger partial charge in [0.25, 0.3) is 0 Å². The van der Waals surface area contributed by atoms with E-state index in [9.17, 15) is 14.7 Å². The molecule has 0 fully saturated rings. The molecule has 1 N–H and O–H groups in total. The Labute approximate surface area is 259 Å². The molecule has 0 aliphatic carbocycles. The van der Waals surface area contributed by atoms with Crippen LogP contribution in [0.15, 0.2) is 12.1 Å². The standard InChI is InChI=1S/C38H66O4/c1-7-9-10-11-12-13-14-15-16-17-18-19-20-21-25-28-35(39)33(37(41)42-8-2)27-24-22-23-26-32-29-31(3)36(40)34(30-32)38(4,5)6/h29-30,33,40H,7-28H2,1-6H3. The van der Waals surface area contributed by atoms with E-state index < -0.39 is 5.92 Å². The molecule has 0 aliphatic rings. The van der Waals surface area contributed by atoms with Gasteiger partial charge in [-0.2, -0.15) is 0 Å². The lowest BCUT2D eigenvalue weighted by Gasteiger charge is -2.22. The fraction of sp³-hybridized carbons (Fsp3) is 0.789. The minimum absolute atomic E-state index is 0.0622. The molecule has 0 aromatic heterocycles. The summed E-state index contributed by atoms with van der Waals surface area (Å²) in [5, 5.41) is 10.5. The van der Waals surface area contributed by atoms with Crippen LogP contribution in [0.1, 0.15) is 180 Å². The highest BCUT2D eigenvalue weighted by atomic mass is 16.5. The van der Waals surface area contributed by atoms with E-state index in [4.69, 9.17) is 4.74 Å². The Hall–Kier alpha value is -1.84. The number of ether oxygens (including phenoxy) is 1. The van der Waals surface area contributed by atoms with Crippen molar-refractivity contribution in [1.82, 2.24) is 0 Å². The molecule has 0 saturated heterocycles. The number of unbranched alkanes of at least 4 members (excludes halogenated alkanes) is 16. The summed E-state index contributed by atoms with van der Waals surface area (Å²) in [6.07, 6.45) is 24.3. The molecule has 0 aliphatic heterocycles. The van der Waals surface area contributed by atoms with Crippen molar-refractivity contribution in [1.29, 1.82) is 0 Å². The van der Waals surface area contributed by atoms with Crippen molar-refractivity contribution >= 4 is 11.8 Å². The van der Waals surface area contributed by atoms with Gasteiger partial charge < -0.3 is 9.84 Å². The van der Waals surface area contributed by atoms with Crippen molar-refractivity contribution in [2.75, 3.05) is 6.61 Å². The summed E-state index contributed by atoms with van der Waals surface area (Å²) in [6, 6.07) is 4.21. The molecule has 242 valence electrons. The summed E-state index contributed by atoms with van der Waals surface area (Å²) in [4.78, 5) is 25.5. The number of carbonyl (C=O) groups is 2. The molecule has 1 unspecified atom stereocenters. The van der Waals surface area contributed by atoms with Crippen molar-refractivity contribution in [2.24, 2.45) is 5.92 Å². The van der Waals surface area contributed by atoms with E-state index in [1.54, 1.807) is 6.92 Å². The second-order valence-electron chi connectivity index (χ2n) is 13.6. The lowest BCUT2D eigenvalue weighted by Crippen LogP contribution is -2.26. The number of phenolic OH excluding ortho intramolecular Hbond substituents is 1. The number of carbonyl (C=O) groups excluding carboxylic acids is 2. The van der Waals surface area contributed by atoms with Crippen LogP contribution in [0.3, 0.4) is 0 Å². The van der Waals surface area contributed by atoms with Crippen molar-refractivity contribution in [3.05, 3.63) is 28.8 Å². The molecule has 0 saturated carbocycles. The summed E-state index contributed by atoms with van der Waals surface area (Å²) in [5.41, 5.74) is 3.04. The van der Waals surface area contributed by atoms with E-state index in [1.165, 1.54) is 89.0 Å². The zero-order valence-electron chi connectivity index (χ0n) is 28.5. The first-order valence-corrected chi connectivity index (χ1v) is 17.6. The Kier molecular flexibility index (Phi) is 20.6. The average Bonchev–Trinajstić information content (AvgIpc) is 2.93. The van der Waals surface area contributed by atoms with Crippen molar-refractivity contribution in [3.8, 4) is 5.75 Å². The van der Waals surface area contributed by atoms with E-state index in [2.05, 4.69) is 39.8 Å². The van der Waals surface area contributed by atoms with E-state index >= 15 is 0 Å². The van der Waals surface area contributed by atoms with E-state index in [0.717, 1.165) is 49.7 Å². The van der Waals surface area contributed by atoms with Crippen LogP contribution in [0.2, 0.25) is 0 Å². The SMILES string of the molecule is CCCCCCCCCCCCCCCCCC(=O)C(CCCCCc1cc(C)c(O)c(C(C)(C)C)c1)C(=O)OCC. The maximum absolute atomic E-state index is 13.0. The zero-order valence-corrected chi connectivity index (χ0v) is 28.5. The Morgan fingerprint density at radius 1 is 0.738 bits per heavy atom. The molecule has 0 heterocycles. The number of benzene rings is 1. The van der Waals surface area contributed by atoms with Crippen LogP contribution in [0.4, 0.5) is 0 Å². The van der Waals surface area contributed by atoms with Crippen LogP contribution in [0.5, 0.6) is 5.75 Å². The largest absolute Gasteiger partial charge is 0.507 e. The summed E-state index contributed by atoms with van der Waals surface area (Å²) in [6.45, 7) is 12.7. The Bertz CT molecular complexity index is 867. The van der Waals surface area contributed by atoms with Gasteiger partial charge in [-0.1, -0.05) is 143 Å². The minimum atomic E-state index is -0.611. The molecule has 0 bridgehead atoms. The number of rotatable bonds is 25. The summed E-state index contributed by atoms with van der Waals surface area (Å²) in [7, 11) is 0. The monoisotopic (exact) mass is 586 g/mol. The van der Waals surface area contributed by atoms with Gasteiger partial charge in [0.05, 0.1) is 6.61 Å². The number of aromatic hydroxyl groups is 1. The van der Waals surface area contributed by atoms with Crippen LogP contribution in [0, 0.1) is 12.8 Å². The van der Waals surface area contributed by atoms with Gasteiger partial charge in [0.1, 0.15) is 17.5 Å². The van der Waals surface area contributed by atoms with Crippen LogP contribution < -0.4 is 0 Å². The van der Waals surface area contributed by atoms with Crippen LogP contribution in [0.25, 0.3) is 0 Å². The smallest absolute Gasteiger partial charge is 0.316 e. The van der Waals surface area contributed by atoms with E-state index in [-0.39, 0.29) is 17.2 Å². The van der Waals surface area contributed by atoms with Gasteiger partial charge in [-0.05, 0) is 61.6 Å². The Balaban J connectivity index is 2.26. The van der Waals surface area contributed by atoms with Crippen molar-refractivity contribution < 1.29 is 19.4 Å². The third-order valence-electron chi connectivity index (χ3n) is 8.61. The number of esters is 1. The zero-order chi connectivity index (χ0) is 31.2. The number of hydrogen-bond donors (Lipinski definition) is 1. The molecule has 1 atom stereocenters. The predicted octanol–water partition coefficient (Wildman–Crippen LogP) is 11.1. The molecule has 0 amide bonds. The first-order chi connectivity index (χ1) is 20.1. The van der Waals surface area contributed by atoms with Crippen LogP contribution >= 0.6 is 0 Å². The molecular formula is C38H66O4. The molecular weight excluding hydrogens is 520 g/mol. The number of aryl methyl sites for hydroxylation is 2. The van der Waals surface area contributed by atoms with Crippen molar-refractivity contribution in [2.45, 2.75) is 182 Å². The minimum Gasteiger partial charge on any atom is -0.507 e. The number of ketones is 1. The maximum Gasteiger partial charge on any atom is 0.316 e. The predicted molar refractivity (Wildman–Crippen MR) is 178 cm³/mol. The van der Waals surface area contributed by atoms with Gasteiger partial charge >= 0.3 is 5.97 Å². The lowest BCUT2D eigenvalue weighted by atomic mass is 9.83. The summed E-state index contributed by atoms with van der Waals surface area (Å²) >= 11 is 0. The second kappa shape index (κ2) is 22.7. The number of Topliss-reactive ketones (excluding diaryl/α,β-unsaturated/α-hetero) is 1. The molecule has 1 aromatic rings. The highest BCUT2D eigenvalue weighted by molar-refractivity contribution is 5.98. The highest BCUT2D eigenvalue weighted by Gasteiger charge is 2.26. The molecule has 0 spiro atoms. The topological polar surface area (TPSA) is 63.6 Å². The Morgan fingerprint density at radius 3 is 1.74 bits per heavy atom. The van der Waals surface area contributed by atoms with E-state index in [0.29, 0.717) is 25.2 Å². The molecule has 1 aromatic carbocycles. The van der Waals surface area contributed by atoms with Gasteiger partial charge in [-0.15, -0.1) is 0 Å². The second-order valence-corrected chi connectivity index (χ2v) is 13.6. The summed E-state index contributed by atoms with van der Waals surface area (Å²) in [5.74, 6) is -0.490. The number of phenols is 1. The Morgan fingerprint density at radius 2 is 1.24 bits per heavy atom. The number of hydrogen-bond acceptors (Lipinski definition) is 4. The summed E-state index contributed by atoms with van der Waals surface area (Å²) < 4.78 is 5.27. The molecule has 42 heavy (non-hydrogen) atoms. The molecule has 4 nitrogen and oxygen atoms in total. The van der Waals surface area contributed by atoms with Gasteiger partial charge in [0.15, 0.2) is 0 Å². The molecule has 1 rings (SSSR count). The quantitative estimate of drug-likeness (QED) is 0.0703.